The number of piperidine rings is 1. The Morgan fingerprint density at radius 1 is 1.16 bits per heavy atom. The zero-order chi connectivity index (χ0) is 25.9. The molecular weight excluding hydrogens is 468 g/mol. The number of carboxylic acids is 1. The number of likely N-dealkylation sites (tertiary alicyclic amines) is 1. The first-order valence-electron chi connectivity index (χ1n) is 12.4. The molecular formula is C29H28N4O4. The van der Waals surface area contributed by atoms with Crippen molar-refractivity contribution in [3.63, 3.8) is 0 Å². The Hall–Kier alpha value is -4.22. The maximum atomic E-state index is 11.3. The van der Waals surface area contributed by atoms with Gasteiger partial charge < -0.3 is 14.4 Å². The van der Waals surface area contributed by atoms with Crippen molar-refractivity contribution < 1.29 is 19.2 Å². The number of nitrogens with zero attached hydrogens (tertiary/aromatic N) is 4. The lowest BCUT2D eigenvalue weighted by Gasteiger charge is -2.30. The molecule has 2 heterocycles. The first kappa shape index (κ1) is 24.5. The Bertz CT molecular complexity index is 1480. The Balaban J connectivity index is 1.42. The predicted molar refractivity (Wildman–Crippen MR) is 139 cm³/mol. The first-order valence-corrected chi connectivity index (χ1v) is 12.4. The van der Waals surface area contributed by atoms with Crippen LogP contribution in [0.2, 0.25) is 0 Å². The number of fused-ring (bicyclic) bond motifs is 1. The number of aliphatic carboxylic acids is 1. The lowest BCUT2D eigenvalue weighted by Crippen LogP contribution is -2.35. The fraction of sp³-hybridized carbons (Fsp3) is 0.310. The summed E-state index contributed by atoms with van der Waals surface area (Å²) in [6.07, 6.45) is 1.31. The summed E-state index contributed by atoms with van der Waals surface area (Å²) < 4.78 is 11.3. The monoisotopic (exact) mass is 496 g/mol. The summed E-state index contributed by atoms with van der Waals surface area (Å²) in [7, 11) is 0. The largest absolute Gasteiger partial charge is 0.490 e. The van der Waals surface area contributed by atoms with E-state index < -0.39 is 5.97 Å². The van der Waals surface area contributed by atoms with Crippen LogP contribution in [-0.4, -0.2) is 45.3 Å². The van der Waals surface area contributed by atoms with E-state index in [0.717, 1.165) is 36.0 Å². The minimum atomic E-state index is -0.697. The maximum absolute atomic E-state index is 11.3. The molecule has 1 aliphatic rings. The van der Waals surface area contributed by atoms with E-state index in [2.05, 4.69) is 33.2 Å². The van der Waals surface area contributed by atoms with Gasteiger partial charge in [0.15, 0.2) is 0 Å². The lowest BCUT2D eigenvalue weighted by molar-refractivity contribution is -0.143. The molecule has 3 aromatic carbocycles. The average molecular weight is 497 g/mol. The second kappa shape index (κ2) is 10.4. The van der Waals surface area contributed by atoms with Gasteiger partial charge in [-0.3, -0.25) is 9.69 Å². The van der Waals surface area contributed by atoms with Crippen LogP contribution >= 0.6 is 0 Å². The number of nitriles is 1. The van der Waals surface area contributed by atoms with Crippen LogP contribution < -0.4 is 4.74 Å². The highest BCUT2D eigenvalue weighted by molar-refractivity contribution is 5.97. The molecule has 4 aromatic rings. The van der Waals surface area contributed by atoms with Gasteiger partial charge >= 0.3 is 5.97 Å². The Morgan fingerprint density at radius 2 is 1.92 bits per heavy atom. The van der Waals surface area contributed by atoms with Crippen LogP contribution in [0.1, 0.15) is 37.8 Å². The van der Waals surface area contributed by atoms with Crippen LogP contribution in [0.3, 0.4) is 0 Å². The molecule has 1 aromatic heterocycles. The smallest absolute Gasteiger partial charge is 0.306 e. The molecule has 0 radical (unpaired) electrons. The Kier molecular flexibility index (Phi) is 6.89. The van der Waals surface area contributed by atoms with Gasteiger partial charge in [0.1, 0.15) is 11.8 Å². The van der Waals surface area contributed by atoms with E-state index in [1.807, 2.05) is 44.2 Å². The molecule has 1 saturated heterocycles. The molecule has 1 N–H and O–H groups in total. The van der Waals surface area contributed by atoms with Crippen LogP contribution in [0.15, 0.2) is 59.1 Å². The van der Waals surface area contributed by atoms with Gasteiger partial charge in [-0.05, 0) is 74.3 Å². The SMILES string of the molecule is CC(C)Oc1ccc(-c2nc(-c3ccc(CN4CCC(C(=O)O)CC4)c4ccccc34)no2)cc1C#N. The normalized spacial score (nSPS) is 14.6. The molecule has 0 saturated carbocycles. The molecule has 8 heteroatoms. The van der Waals surface area contributed by atoms with Crippen molar-refractivity contribution in [3.8, 4) is 34.7 Å². The summed E-state index contributed by atoms with van der Waals surface area (Å²) in [6.45, 7) is 6.12. The Morgan fingerprint density at radius 3 is 2.62 bits per heavy atom. The van der Waals surface area contributed by atoms with Crippen LogP contribution in [0, 0.1) is 17.2 Å². The lowest BCUT2D eigenvalue weighted by atomic mass is 9.95. The molecule has 0 spiro atoms. The number of carboxylic acid groups (broad SMARTS) is 1. The summed E-state index contributed by atoms with van der Waals surface area (Å²) in [5.41, 5.74) is 3.10. The number of rotatable bonds is 7. The fourth-order valence-electron chi connectivity index (χ4n) is 4.83. The summed E-state index contributed by atoms with van der Waals surface area (Å²) in [5, 5.41) is 25.2. The highest BCUT2D eigenvalue weighted by Crippen LogP contribution is 2.33. The van der Waals surface area contributed by atoms with Crippen LogP contribution in [-0.2, 0) is 11.3 Å². The van der Waals surface area contributed by atoms with Crippen molar-refractivity contribution >= 4 is 16.7 Å². The van der Waals surface area contributed by atoms with Gasteiger partial charge in [0, 0.05) is 17.7 Å². The zero-order valence-corrected chi connectivity index (χ0v) is 20.8. The zero-order valence-electron chi connectivity index (χ0n) is 20.8. The summed E-state index contributed by atoms with van der Waals surface area (Å²) in [4.78, 5) is 18.2. The highest BCUT2D eigenvalue weighted by atomic mass is 16.5. The molecule has 0 bridgehead atoms. The van der Waals surface area contributed by atoms with Gasteiger partial charge in [-0.2, -0.15) is 10.2 Å². The van der Waals surface area contributed by atoms with Crippen LogP contribution in [0.4, 0.5) is 0 Å². The minimum Gasteiger partial charge on any atom is -0.490 e. The summed E-state index contributed by atoms with van der Waals surface area (Å²) in [6, 6.07) is 19.7. The fourth-order valence-corrected chi connectivity index (χ4v) is 4.83. The third kappa shape index (κ3) is 5.18. The van der Waals surface area contributed by atoms with E-state index in [-0.39, 0.29) is 12.0 Å². The van der Waals surface area contributed by atoms with E-state index in [0.29, 0.717) is 41.4 Å². The maximum Gasteiger partial charge on any atom is 0.306 e. The van der Waals surface area contributed by atoms with Crippen LogP contribution in [0.25, 0.3) is 33.6 Å². The molecule has 0 aliphatic carbocycles. The molecule has 1 fully saturated rings. The van der Waals surface area contributed by atoms with Crippen molar-refractivity contribution in [2.45, 2.75) is 39.3 Å². The number of carbonyl (C=O) groups is 1. The number of benzene rings is 3. The van der Waals surface area contributed by atoms with E-state index in [1.54, 1.807) is 12.1 Å². The van der Waals surface area contributed by atoms with Gasteiger partial charge in [-0.15, -0.1) is 0 Å². The first-order chi connectivity index (χ1) is 17.9. The molecule has 5 rings (SSSR count). The van der Waals surface area contributed by atoms with Crippen molar-refractivity contribution in [1.82, 2.24) is 15.0 Å². The molecule has 8 nitrogen and oxygen atoms in total. The second-order valence-corrected chi connectivity index (χ2v) is 9.62. The van der Waals surface area contributed by atoms with E-state index >= 15 is 0 Å². The topological polar surface area (TPSA) is 112 Å². The molecule has 0 atom stereocenters. The highest BCUT2D eigenvalue weighted by Gasteiger charge is 2.25. The van der Waals surface area contributed by atoms with Gasteiger partial charge in [-0.25, -0.2) is 0 Å². The quantitative estimate of drug-likeness (QED) is 0.356. The van der Waals surface area contributed by atoms with Crippen LogP contribution in [0.5, 0.6) is 5.75 Å². The second-order valence-electron chi connectivity index (χ2n) is 9.62. The number of hydrogen-bond acceptors (Lipinski definition) is 7. The summed E-state index contributed by atoms with van der Waals surface area (Å²) in [5.74, 6) is 0.386. The van der Waals surface area contributed by atoms with Crippen molar-refractivity contribution in [3.05, 3.63) is 65.7 Å². The molecule has 0 amide bonds. The molecule has 188 valence electrons. The average Bonchev–Trinajstić information content (AvgIpc) is 3.39. The molecule has 1 aliphatic heterocycles. The van der Waals surface area contributed by atoms with Crippen molar-refractivity contribution in [1.29, 1.82) is 5.26 Å². The number of ether oxygens (including phenoxy) is 1. The number of aromatic nitrogens is 2. The van der Waals surface area contributed by atoms with Crippen molar-refractivity contribution in [2.24, 2.45) is 5.92 Å². The van der Waals surface area contributed by atoms with Gasteiger partial charge in [0.25, 0.3) is 5.89 Å². The molecule has 0 unspecified atom stereocenters. The third-order valence-corrected chi connectivity index (χ3v) is 6.72. The third-order valence-electron chi connectivity index (χ3n) is 6.72. The minimum absolute atomic E-state index is 0.0409. The van der Waals surface area contributed by atoms with E-state index in [4.69, 9.17) is 9.26 Å². The van der Waals surface area contributed by atoms with Gasteiger partial charge in [0.05, 0.1) is 17.6 Å². The Labute approximate surface area is 215 Å². The van der Waals surface area contributed by atoms with Crippen molar-refractivity contribution in [2.75, 3.05) is 13.1 Å². The predicted octanol–water partition coefficient (Wildman–Crippen LogP) is 5.51. The van der Waals surface area contributed by atoms with Gasteiger partial charge in [0.2, 0.25) is 5.82 Å². The standard InChI is InChI=1S/C29H28N4O4/c1-18(2)36-26-10-8-20(15-22(26)16-30)28-31-27(32-37-28)25-9-7-21(23-5-3-4-6-24(23)25)17-33-13-11-19(12-14-33)29(34)35/h3-10,15,18-19H,11-14,17H2,1-2H3,(H,34,35). The molecule has 37 heavy (non-hydrogen) atoms. The summed E-state index contributed by atoms with van der Waals surface area (Å²) >= 11 is 0. The van der Waals surface area contributed by atoms with E-state index in [1.165, 1.54) is 5.56 Å². The van der Waals surface area contributed by atoms with Gasteiger partial charge in [-0.1, -0.05) is 41.6 Å². The number of hydrogen-bond donors (Lipinski definition) is 1. The van der Waals surface area contributed by atoms with E-state index in [9.17, 15) is 15.2 Å².